The molecule has 1 fully saturated rings. The number of alkyl halides is 3. The molecule has 0 spiro atoms. The normalized spacial score (nSPS) is 13.9. The van der Waals surface area contributed by atoms with E-state index in [4.69, 9.17) is 0 Å². The number of rotatable bonds is 6. The first-order valence-corrected chi connectivity index (χ1v) is 9.83. The van der Waals surface area contributed by atoms with Crippen molar-refractivity contribution in [2.24, 2.45) is 0 Å². The van der Waals surface area contributed by atoms with E-state index in [1.54, 1.807) is 6.92 Å². The summed E-state index contributed by atoms with van der Waals surface area (Å²) in [5, 5.41) is 2.21. The van der Waals surface area contributed by atoms with E-state index in [0.717, 1.165) is 21.9 Å². The van der Waals surface area contributed by atoms with Gasteiger partial charge in [0.2, 0.25) is 17.7 Å². The van der Waals surface area contributed by atoms with Gasteiger partial charge in [0.25, 0.3) is 5.91 Å². The van der Waals surface area contributed by atoms with Crippen molar-refractivity contribution < 1.29 is 32.3 Å². The summed E-state index contributed by atoms with van der Waals surface area (Å²) in [6.07, 6.45) is -4.45. The lowest BCUT2D eigenvalue weighted by atomic mass is 10.1. The number of nitrogens with one attached hydrogen (secondary N) is 1. The first kappa shape index (κ1) is 23.0. The third-order valence-electron chi connectivity index (χ3n) is 4.91. The van der Waals surface area contributed by atoms with Gasteiger partial charge >= 0.3 is 6.18 Å². The fourth-order valence-electron chi connectivity index (χ4n) is 3.35. The van der Waals surface area contributed by atoms with Gasteiger partial charge in [-0.3, -0.25) is 24.1 Å². The number of carbonyl (C=O) groups excluding carboxylic acids is 4. The average molecular weight is 447 g/mol. The van der Waals surface area contributed by atoms with Crippen LogP contribution in [-0.2, 0) is 20.6 Å². The van der Waals surface area contributed by atoms with Crippen molar-refractivity contribution in [3.05, 3.63) is 59.7 Å². The maximum absolute atomic E-state index is 13.1. The molecule has 0 aromatic heterocycles. The number of amides is 4. The number of hydrogen-bond donors (Lipinski definition) is 1. The highest BCUT2D eigenvalue weighted by Gasteiger charge is 2.34. The lowest BCUT2D eigenvalue weighted by molar-refractivity contribution is -0.137. The number of para-hydroxylation sites is 1. The van der Waals surface area contributed by atoms with Crippen LogP contribution in [-0.4, -0.2) is 41.6 Å². The van der Waals surface area contributed by atoms with E-state index in [2.05, 4.69) is 5.32 Å². The molecule has 0 bridgehead atoms. The summed E-state index contributed by atoms with van der Waals surface area (Å²) in [5.74, 6) is -2.09. The second-order valence-electron chi connectivity index (χ2n) is 7.08. The maximum atomic E-state index is 13.1. The van der Waals surface area contributed by atoms with Crippen molar-refractivity contribution in [3.63, 3.8) is 0 Å². The number of nitrogens with zero attached hydrogens (tertiary/aromatic N) is 2. The monoisotopic (exact) mass is 447 g/mol. The minimum Gasteiger partial charge on any atom is -0.330 e. The number of halogens is 3. The molecule has 3 rings (SSSR count). The number of hydrogen-bond acceptors (Lipinski definition) is 4. The Labute approximate surface area is 181 Å². The summed E-state index contributed by atoms with van der Waals surface area (Å²) >= 11 is 0. The van der Waals surface area contributed by atoms with Gasteiger partial charge in [-0.05, 0) is 37.3 Å². The molecule has 10 heteroatoms. The highest BCUT2D eigenvalue weighted by molar-refractivity contribution is 6.20. The summed E-state index contributed by atoms with van der Waals surface area (Å²) in [5.41, 5.74) is -1.000. The molecule has 2 aromatic carbocycles. The second-order valence-corrected chi connectivity index (χ2v) is 7.08. The Kier molecular flexibility index (Phi) is 6.61. The number of anilines is 2. The van der Waals surface area contributed by atoms with Crippen LogP contribution < -0.4 is 10.2 Å². The van der Waals surface area contributed by atoms with Crippen molar-refractivity contribution in [1.82, 2.24) is 4.90 Å². The lowest BCUT2D eigenvalue weighted by Crippen LogP contribution is -2.38. The van der Waals surface area contributed by atoms with E-state index in [-0.39, 0.29) is 42.5 Å². The SMILES string of the molecule is CCN(CC(=O)Nc1ccccc1C(F)(F)F)C(=O)c1cccc(N2C(=O)CCC2=O)c1. The molecule has 1 N–H and O–H groups in total. The minimum atomic E-state index is -4.64. The molecule has 1 heterocycles. The molecule has 0 aliphatic carbocycles. The number of carbonyl (C=O) groups is 4. The summed E-state index contributed by atoms with van der Waals surface area (Å²) in [6, 6.07) is 10.4. The summed E-state index contributed by atoms with van der Waals surface area (Å²) in [7, 11) is 0. The standard InChI is InChI=1S/C22H20F3N3O4/c1-2-27(13-18(29)26-17-9-4-3-8-16(17)22(23,24)25)21(32)14-6-5-7-15(12-14)28-19(30)10-11-20(28)31/h3-9,12H,2,10-11,13H2,1H3,(H,26,29). The van der Waals surface area contributed by atoms with Crippen molar-refractivity contribution >= 4 is 35.0 Å². The molecule has 7 nitrogen and oxygen atoms in total. The Morgan fingerprint density at radius 1 is 1.03 bits per heavy atom. The number of benzene rings is 2. The Hall–Kier alpha value is -3.69. The molecule has 0 radical (unpaired) electrons. The topological polar surface area (TPSA) is 86.8 Å². The van der Waals surface area contributed by atoms with Crippen LogP contribution in [0.3, 0.4) is 0 Å². The van der Waals surface area contributed by atoms with E-state index in [1.807, 2.05) is 0 Å². The maximum Gasteiger partial charge on any atom is 0.418 e. The molecule has 32 heavy (non-hydrogen) atoms. The molecule has 1 saturated heterocycles. The Morgan fingerprint density at radius 3 is 2.31 bits per heavy atom. The third kappa shape index (κ3) is 4.96. The average Bonchev–Trinajstić information content (AvgIpc) is 3.09. The molecule has 4 amide bonds. The Morgan fingerprint density at radius 2 is 1.69 bits per heavy atom. The van der Waals surface area contributed by atoms with E-state index in [9.17, 15) is 32.3 Å². The van der Waals surface area contributed by atoms with Crippen LogP contribution >= 0.6 is 0 Å². The molecule has 2 aromatic rings. The predicted molar refractivity (Wildman–Crippen MR) is 110 cm³/mol. The number of likely N-dealkylation sites (N-methyl/N-ethyl adjacent to an activating group) is 1. The zero-order valence-corrected chi connectivity index (χ0v) is 17.1. The molecule has 0 unspecified atom stereocenters. The zero-order chi connectivity index (χ0) is 23.5. The molecule has 0 saturated carbocycles. The van der Waals surface area contributed by atoms with E-state index in [1.165, 1.54) is 36.4 Å². The van der Waals surface area contributed by atoms with Gasteiger partial charge < -0.3 is 10.2 Å². The zero-order valence-electron chi connectivity index (χ0n) is 17.1. The minimum absolute atomic E-state index is 0.0949. The summed E-state index contributed by atoms with van der Waals surface area (Å²) in [4.78, 5) is 51.3. The van der Waals surface area contributed by atoms with Crippen LogP contribution in [0.15, 0.2) is 48.5 Å². The van der Waals surface area contributed by atoms with Crippen LogP contribution in [0.25, 0.3) is 0 Å². The van der Waals surface area contributed by atoms with Crippen LogP contribution in [0.5, 0.6) is 0 Å². The molecule has 1 aliphatic heterocycles. The first-order valence-electron chi connectivity index (χ1n) is 9.83. The third-order valence-corrected chi connectivity index (χ3v) is 4.91. The van der Waals surface area contributed by atoms with Crippen molar-refractivity contribution in [2.75, 3.05) is 23.3 Å². The van der Waals surface area contributed by atoms with Gasteiger partial charge in [0.1, 0.15) is 6.54 Å². The predicted octanol–water partition coefficient (Wildman–Crippen LogP) is 3.46. The van der Waals surface area contributed by atoms with Gasteiger partial charge in [-0.1, -0.05) is 18.2 Å². The molecule has 168 valence electrons. The largest absolute Gasteiger partial charge is 0.418 e. The molecular formula is C22H20F3N3O4. The van der Waals surface area contributed by atoms with Crippen LogP contribution in [0.4, 0.5) is 24.5 Å². The molecular weight excluding hydrogens is 427 g/mol. The van der Waals surface area contributed by atoms with Crippen LogP contribution in [0.2, 0.25) is 0 Å². The van der Waals surface area contributed by atoms with Crippen molar-refractivity contribution in [1.29, 1.82) is 0 Å². The van der Waals surface area contributed by atoms with Gasteiger partial charge in [0.05, 0.1) is 16.9 Å². The van der Waals surface area contributed by atoms with E-state index < -0.39 is 35.8 Å². The fourth-order valence-corrected chi connectivity index (χ4v) is 3.35. The van der Waals surface area contributed by atoms with Crippen molar-refractivity contribution in [3.8, 4) is 0 Å². The van der Waals surface area contributed by atoms with Gasteiger partial charge in [0, 0.05) is 24.9 Å². The lowest BCUT2D eigenvalue weighted by Gasteiger charge is -2.22. The fraction of sp³-hybridized carbons (Fsp3) is 0.273. The summed E-state index contributed by atoms with van der Waals surface area (Å²) < 4.78 is 39.4. The highest BCUT2D eigenvalue weighted by atomic mass is 19.4. The van der Waals surface area contributed by atoms with Crippen LogP contribution in [0, 0.1) is 0 Å². The highest BCUT2D eigenvalue weighted by Crippen LogP contribution is 2.34. The van der Waals surface area contributed by atoms with Gasteiger partial charge in [-0.2, -0.15) is 13.2 Å². The molecule has 1 aliphatic rings. The number of imide groups is 1. The first-order chi connectivity index (χ1) is 15.1. The Balaban J connectivity index is 1.75. The van der Waals surface area contributed by atoms with Crippen LogP contribution in [0.1, 0.15) is 35.7 Å². The van der Waals surface area contributed by atoms with Crippen molar-refractivity contribution in [2.45, 2.75) is 25.9 Å². The summed E-state index contributed by atoms with van der Waals surface area (Å²) in [6.45, 7) is 1.25. The van der Waals surface area contributed by atoms with Gasteiger partial charge in [-0.25, -0.2) is 0 Å². The van der Waals surface area contributed by atoms with E-state index >= 15 is 0 Å². The van der Waals surface area contributed by atoms with Gasteiger partial charge in [-0.15, -0.1) is 0 Å². The molecule has 0 atom stereocenters. The quantitative estimate of drug-likeness (QED) is 0.688. The smallest absolute Gasteiger partial charge is 0.330 e. The van der Waals surface area contributed by atoms with E-state index in [0.29, 0.717) is 0 Å². The Bertz CT molecular complexity index is 1050. The van der Waals surface area contributed by atoms with Gasteiger partial charge in [0.15, 0.2) is 0 Å². The second kappa shape index (κ2) is 9.21.